The van der Waals surface area contributed by atoms with Gasteiger partial charge >= 0.3 is 0 Å². The van der Waals surface area contributed by atoms with Crippen LogP contribution in [0.25, 0.3) is 66.2 Å². The molecule has 23 heteroatoms. The molecule has 9 aromatic heterocycles. The molecule has 1 amide bonds. The van der Waals surface area contributed by atoms with Gasteiger partial charge in [-0.1, -0.05) is 17.7 Å². The van der Waals surface area contributed by atoms with Crippen LogP contribution in [0.4, 0.5) is 0 Å². The van der Waals surface area contributed by atoms with Gasteiger partial charge in [0.05, 0.1) is 49.4 Å². The number of fused-ring (bicyclic) bond motifs is 9. The first-order chi connectivity index (χ1) is 32.3. The monoisotopic (exact) mass is 907 g/mol. The number of pyridine rings is 3. The molecule has 1 aromatic carbocycles. The van der Waals surface area contributed by atoms with E-state index in [1.165, 1.54) is 3.97 Å². The van der Waals surface area contributed by atoms with Gasteiger partial charge in [0.15, 0.2) is 5.65 Å². The smallest absolute Gasteiger partial charge is 0.269 e. The Labute approximate surface area is 377 Å². The van der Waals surface area contributed by atoms with Gasteiger partial charge in [0.1, 0.15) is 76.5 Å². The number of amides is 1. The number of carbonyl (C=O) groups is 1. The Morgan fingerprint density at radius 3 is 1.77 bits per heavy atom. The molecule has 10 aromatic rings. The van der Waals surface area contributed by atoms with Crippen molar-refractivity contribution in [3.8, 4) is 6.07 Å². The number of benzene rings is 1. The van der Waals surface area contributed by atoms with E-state index in [-0.39, 0.29) is 18.7 Å². The number of hydrogen-bond acceptors (Lipinski definition) is 15. The SMILES string of the molecule is Cc1ccc(S(=O)(=O)n2ccc3c4c(cnc32)ncn4N2CCNC2)cc1.N#CCC(=O)N1CCN(n2cnc3cnc4[nH]ccc4c32)C1.[HH].c1cc2c(ncc3ncn(N4CCNC4)c32)[nH]1. The van der Waals surface area contributed by atoms with Crippen LogP contribution in [-0.2, 0) is 14.8 Å². The number of nitrogens with one attached hydrogen (secondary N) is 4. The van der Waals surface area contributed by atoms with Crippen LogP contribution in [0.2, 0.25) is 0 Å². The Morgan fingerprint density at radius 2 is 1.23 bits per heavy atom. The maximum absolute atomic E-state index is 13.1. The topological polar surface area (TPSA) is 241 Å². The van der Waals surface area contributed by atoms with Gasteiger partial charge in [-0.2, -0.15) is 5.26 Å². The summed E-state index contributed by atoms with van der Waals surface area (Å²) in [6, 6.07) is 14.5. The van der Waals surface area contributed by atoms with Crippen molar-refractivity contribution in [1.82, 2.24) is 73.4 Å². The van der Waals surface area contributed by atoms with Gasteiger partial charge in [-0.15, -0.1) is 0 Å². The lowest BCUT2D eigenvalue weighted by Gasteiger charge is -2.21. The van der Waals surface area contributed by atoms with E-state index >= 15 is 0 Å². The Bertz CT molecular complexity index is 3570. The van der Waals surface area contributed by atoms with Crippen molar-refractivity contribution in [3.05, 3.63) is 104 Å². The van der Waals surface area contributed by atoms with Gasteiger partial charge in [-0.25, -0.2) is 56.3 Å². The minimum absolute atomic E-state index is 0. The van der Waals surface area contributed by atoms with E-state index in [1.54, 1.807) is 66.5 Å². The summed E-state index contributed by atoms with van der Waals surface area (Å²) in [6.07, 6.45) is 15.8. The highest BCUT2D eigenvalue weighted by Gasteiger charge is 2.27. The highest BCUT2D eigenvalue weighted by molar-refractivity contribution is 7.90. The second kappa shape index (κ2) is 16.5. The molecule has 12 heterocycles. The van der Waals surface area contributed by atoms with Crippen LogP contribution < -0.4 is 25.7 Å². The van der Waals surface area contributed by atoms with Crippen molar-refractivity contribution in [2.24, 2.45) is 0 Å². The van der Waals surface area contributed by atoms with Crippen molar-refractivity contribution in [3.63, 3.8) is 0 Å². The summed E-state index contributed by atoms with van der Waals surface area (Å²) in [7, 11) is -3.72. The van der Waals surface area contributed by atoms with Crippen molar-refractivity contribution in [2.75, 3.05) is 74.3 Å². The predicted octanol–water partition coefficient (Wildman–Crippen LogP) is 2.65. The predicted molar refractivity (Wildman–Crippen MR) is 249 cm³/mol. The van der Waals surface area contributed by atoms with Crippen LogP contribution in [0.15, 0.2) is 104 Å². The first-order valence-electron chi connectivity index (χ1n) is 21.3. The molecule has 0 saturated carbocycles. The number of H-pyrrole nitrogens is 2. The molecule has 0 aliphatic carbocycles. The fraction of sp³-hybridized carbons (Fsp3) is 0.256. The van der Waals surface area contributed by atoms with Gasteiger partial charge in [0.2, 0.25) is 5.91 Å². The number of nitriles is 1. The normalized spacial score (nSPS) is 15.4. The van der Waals surface area contributed by atoms with Gasteiger partial charge in [-0.3, -0.25) is 30.5 Å². The van der Waals surface area contributed by atoms with Crippen LogP contribution in [0.5, 0.6) is 0 Å². The van der Waals surface area contributed by atoms with E-state index < -0.39 is 10.0 Å². The maximum Gasteiger partial charge on any atom is 0.269 e. The van der Waals surface area contributed by atoms with Crippen LogP contribution in [-0.4, -0.2) is 136 Å². The van der Waals surface area contributed by atoms with Crippen molar-refractivity contribution in [1.29, 1.82) is 5.26 Å². The zero-order valence-corrected chi connectivity index (χ0v) is 36.5. The number of aryl methyl sites for hydroxylation is 1. The lowest BCUT2D eigenvalue weighted by atomic mass is 10.2. The second-order valence-electron chi connectivity index (χ2n) is 16.0. The van der Waals surface area contributed by atoms with Crippen LogP contribution in [0.1, 0.15) is 13.4 Å². The molecule has 3 aliphatic heterocycles. The molecule has 3 aliphatic rings. The lowest BCUT2D eigenvalue weighted by Crippen LogP contribution is -2.35. The van der Waals surface area contributed by atoms with E-state index in [0.29, 0.717) is 25.4 Å². The lowest BCUT2D eigenvalue weighted by molar-refractivity contribution is -0.129. The molecule has 22 nitrogen and oxygen atoms in total. The van der Waals surface area contributed by atoms with Crippen LogP contribution in [0.3, 0.4) is 0 Å². The molecular formula is C43H45N19O3S. The fourth-order valence-electron chi connectivity index (χ4n) is 8.69. The quantitative estimate of drug-likeness (QED) is 0.188. The molecule has 336 valence electrons. The van der Waals surface area contributed by atoms with Crippen LogP contribution >= 0.6 is 0 Å². The van der Waals surface area contributed by atoms with Crippen molar-refractivity contribution in [2.45, 2.75) is 18.2 Å². The molecular weight excluding hydrogens is 863 g/mol. The molecule has 0 spiro atoms. The minimum atomic E-state index is -3.72. The van der Waals surface area contributed by atoms with E-state index in [2.05, 4.69) is 65.2 Å². The van der Waals surface area contributed by atoms with E-state index in [9.17, 15) is 13.2 Å². The molecule has 3 fully saturated rings. The highest BCUT2D eigenvalue weighted by atomic mass is 32.2. The van der Waals surface area contributed by atoms with E-state index in [4.69, 9.17) is 5.26 Å². The Morgan fingerprint density at radius 1 is 0.682 bits per heavy atom. The number of imidazole rings is 3. The zero-order chi connectivity index (χ0) is 44.9. The largest absolute Gasteiger partial charge is 0.346 e. The second-order valence-corrected chi connectivity index (χ2v) is 17.8. The number of aromatic amines is 2. The zero-order valence-electron chi connectivity index (χ0n) is 35.6. The van der Waals surface area contributed by atoms with Crippen molar-refractivity contribution >= 4 is 82.1 Å². The highest BCUT2D eigenvalue weighted by Crippen LogP contribution is 2.28. The Hall–Kier alpha value is -8.07. The van der Waals surface area contributed by atoms with E-state index in [0.717, 1.165) is 106 Å². The average molecular weight is 908 g/mol. The molecule has 0 bridgehead atoms. The number of aromatic nitrogens is 12. The van der Waals surface area contributed by atoms with Crippen molar-refractivity contribution < 1.29 is 14.6 Å². The third-order valence-corrected chi connectivity index (χ3v) is 13.7. The number of carbonyl (C=O) groups excluding carboxylic acids is 1. The Kier molecular flexibility index (Phi) is 10.2. The molecule has 0 unspecified atom stereocenters. The minimum Gasteiger partial charge on any atom is -0.346 e. The summed E-state index contributed by atoms with van der Waals surface area (Å²) in [4.78, 5) is 46.3. The average Bonchev–Trinajstić information content (AvgIpc) is 4.16. The van der Waals surface area contributed by atoms with Gasteiger partial charge in [0, 0.05) is 68.9 Å². The molecule has 0 radical (unpaired) electrons. The standard InChI is InChI=1S/C18H18N6O2S.C14H13N7O.C11H12N6.H2/c1-13-2-4-14(5-3-13)27(25,26)24-8-6-15-17-16(10-20-18(15)24)21-12-23(17)22-9-7-19-11-22;15-3-1-12(22)19-5-6-20(9-19)21-8-18-11-7-17-14-10(13(11)21)2-4-16-14;1-2-13-11-8(1)10-9(5-14-11)15-7-17(10)16-4-3-12-6-16;/h2-6,8,10,12,19H,7,9,11H2,1H3;2,4,7-8H,1,5-6,9H2,(H,16,17);1-2,5,7,12H,3-4,6H2,(H,13,14);1H. The molecule has 13 rings (SSSR count). The molecule has 3 saturated heterocycles. The third-order valence-electron chi connectivity index (χ3n) is 12.0. The van der Waals surface area contributed by atoms with Gasteiger partial charge in [-0.05, 0) is 37.3 Å². The summed E-state index contributed by atoms with van der Waals surface area (Å²) >= 11 is 0. The van der Waals surface area contributed by atoms with Gasteiger partial charge < -0.3 is 14.9 Å². The summed E-state index contributed by atoms with van der Waals surface area (Å²) in [6.45, 7) is 9.05. The molecule has 66 heavy (non-hydrogen) atoms. The number of rotatable bonds is 6. The fourth-order valence-corrected chi connectivity index (χ4v) is 9.99. The third kappa shape index (κ3) is 7.03. The summed E-state index contributed by atoms with van der Waals surface area (Å²) in [5.74, 6) is -0.136. The first-order valence-corrected chi connectivity index (χ1v) is 22.8. The summed E-state index contributed by atoms with van der Waals surface area (Å²) in [5, 5.41) is 24.5. The number of nitrogens with zero attached hydrogens (tertiary/aromatic N) is 15. The summed E-state index contributed by atoms with van der Waals surface area (Å²) in [5.41, 5.74) is 8.57. The number of hydrogen-bond donors (Lipinski definition) is 4. The molecule has 4 N–H and O–H groups in total. The maximum atomic E-state index is 13.1. The van der Waals surface area contributed by atoms with E-state index in [1.807, 2.05) is 64.4 Å². The Balaban J connectivity index is 0.000000120. The van der Waals surface area contributed by atoms with Gasteiger partial charge in [0.25, 0.3) is 10.0 Å². The van der Waals surface area contributed by atoms with Crippen LogP contribution in [0, 0.1) is 18.3 Å². The first kappa shape index (κ1) is 40.7. The summed E-state index contributed by atoms with van der Waals surface area (Å²) < 4.78 is 33.5. The molecule has 0 atom stereocenters.